The molecule has 148 valence electrons. The summed E-state index contributed by atoms with van der Waals surface area (Å²) in [5.74, 6) is 0.368. The van der Waals surface area contributed by atoms with Crippen LogP contribution >= 0.6 is 7.26 Å². The highest BCUT2D eigenvalue weighted by atomic mass is 79.9. The summed E-state index contributed by atoms with van der Waals surface area (Å²) >= 11 is 0. The van der Waals surface area contributed by atoms with E-state index in [2.05, 4.69) is 95.9 Å². The third-order valence-electron chi connectivity index (χ3n) is 6.16. The minimum atomic E-state index is -2.10. The molecule has 1 aliphatic heterocycles. The second kappa shape index (κ2) is 8.42. The molecule has 1 heterocycles. The van der Waals surface area contributed by atoms with Crippen LogP contribution in [0.2, 0.25) is 0 Å². The molecule has 0 aromatic heterocycles. The molecule has 5 rings (SSSR count). The maximum atomic E-state index is 13.7. The minimum Gasteiger partial charge on any atom is -1.00 e. The number of rotatable bonds is 5. The first-order valence-corrected chi connectivity index (χ1v) is 12.0. The highest BCUT2D eigenvalue weighted by molar-refractivity contribution is 7.96. The fourth-order valence-electron chi connectivity index (χ4n) is 4.77. The van der Waals surface area contributed by atoms with Crippen LogP contribution in [-0.4, -0.2) is 29.1 Å². The molecule has 1 aliphatic carbocycles. The molecule has 1 unspecified atom stereocenters. The van der Waals surface area contributed by atoms with E-state index in [1.54, 1.807) is 0 Å². The first-order valence-electron chi connectivity index (χ1n) is 10.2. The Kier molecular flexibility index (Phi) is 5.90. The smallest absolute Gasteiger partial charge is 0.264 e. The Balaban J connectivity index is 0.00000205. The average Bonchev–Trinajstić information content (AvgIpc) is 3.54. The van der Waals surface area contributed by atoms with E-state index in [9.17, 15) is 4.79 Å². The van der Waals surface area contributed by atoms with Crippen LogP contribution in [0.15, 0.2) is 91.0 Å². The molecule has 3 aromatic carbocycles. The first kappa shape index (κ1) is 20.3. The summed E-state index contributed by atoms with van der Waals surface area (Å²) < 4.78 is 0. The predicted molar refractivity (Wildman–Crippen MR) is 118 cm³/mol. The second-order valence-electron chi connectivity index (χ2n) is 7.80. The van der Waals surface area contributed by atoms with Crippen molar-refractivity contribution in [2.45, 2.75) is 31.0 Å². The Morgan fingerprint density at radius 1 is 0.655 bits per heavy atom. The fourth-order valence-corrected chi connectivity index (χ4v) is 9.65. The molecule has 0 bridgehead atoms. The Bertz CT molecular complexity index is 863. The number of amides is 1. The van der Waals surface area contributed by atoms with Gasteiger partial charge >= 0.3 is 0 Å². The van der Waals surface area contributed by atoms with Gasteiger partial charge in [-0.2, -0.15) is 0 Å². The maximum absolute atomic E-state index is 13.7. The molecule has 29 heavy (non-hydrogen) atoms. The van der Waals surface area contributed by atoms with Crippen LogP contribution in [0, 0.1) is 0 Å². The Hall–Kier alpha value is -1.96. The Morgan fingerprint density at radius 2 is 1.07 bits per heavy atom. The number of carbonyl (C=O) groups is 1. The van der Waals surface area contributed by atoms with Crippen molar-refractivity contribution in [1.29, 1.82) is 0 Å². The molecule has 1 amide bonds. The van der Waals surface area contributed by atoms with Crippen LogP contribution in [0.3, 0.4) is 0 Å². The zero-order chi connectivity index (χ0) is 19.0. The normalized spacial score (nSPS) is 19.1. The molecule has 4 heteroatoms. The number of hydrogen-bond donors (Lipinski definition) is 0. The molecular formula is C25H25BrNOP. The van der Waals surface area contributed by atoms with Crippen molar-refractivity contribution in [2.75, 3.05) is 6.54 Å². The van der Waals surface area contributed by atoms with Crippen molar-refractivity contribution in [3.8, 4) is 0 Å². The largest absolute Gasteiger partial charge is 1.00 e. The zero-order valence-corrected chi connectivity index (χ0v) is 18.8. The Morgan fingerprint density at radius 3 is 1.45 bits per heavy atom. The number of benzene rings is 3. The van der Waals surface area contributed by atoms with Crippen molar-refractivity contribution in [1.82, 2.24) is 4.90 Å². The number of halogens is 1. The highest BCUT2D eigenvalue weighted by Gasteiger charge is 2.59. The summed E-state index contributed by atoms with van der Waals surface area (Å²) in [7, 11) is -2.10. The summed E-state index contributed by atoms with van der Waals surface area (Å²) in [6.45, 7) is 0.905. The molecule has 1 saturated carbocycles. The second-order valence-corrected chi connectivity index (χ2v) is 11.4. The van der Waals surface area contributed by atoms with Crippen molar-refractivity contribution in [2.24, 2.45) is 0 Å². The van der Waals surface area contributed by atoms with Crippen LogP contribution in [0.5, 0.6) is 0 Å². The lowest BCUT2D eigenvalue weighted by molar-refractivity contribution is -0.127. The van der Waals surface area contributed by atoms with Gasteiger partial charge in [0.2, 0.25) is 0 Å². The van der Waals surface area contributed by atoms with Crippen molar-refractivity contribution in [3.05, 3.63) is 91.0 Å². The fraction of sp³-hybridized carbons (Fsp3) is 0.240. The molecule has 2 nitrogen and oxygen atoms in total. The van der Waals surface area contributed by atoms with Gasteiger partial charge in [-0.15, -0.1) is 0 Å². The van der Waals surface area contributed by atoms with E-state index in [1.807, 2.05) is 0 Å². The molecule has 2 aliphatic rings. The minimum absolute atomic E-state index is 0. The molecule has 3 aromatic rings. The summed E-state index contributed by atoms with van der Waals surface area (Å²) in [6, 6.07) is 32.8. The van der Waals surface area contributed by atoms with E-state index in [0.29, 0.717) is 11.9 Å². The number of likely N-dealkylation sites (tertiary alicyclic amines) is 1. The van der Waals surface area contributed by atoms with Crippen molar-refractivity contribution >= 4 is 29.1 Å². The van der Waals surface area contributed by atoms with Crippen molar-refractivity contribution < 1.29 is 21.8 Å². The third kappa shape index (κ3) is 3.45. The lowest BCUT2D eigenvalue weighted by Gasteiger charge is -2.32. The van der Waals surface area contributed by atoms with Gasteiger partial charge in [-0.25, -0.2) is 0 Å². The van der Waals surface area contributed by atoms with Crippen LogP contribution in [0.1, 0.15) is 19.3 Å². The molecule has 2 fully saturated rings. The third-order valence-corrected chi connectivity index (χ3v) is 10.9. The lowest BCUT2D eigenvalue weighted by Crippen LogP contribution is -3.00. The van der Waals surface area contributed by atoms with Crippen molar-refractivity contribution in [3.63, 3.8) is 0 Å². The predicted octanol–water partition coefficient (Wildman–Crippen LogP) is 0.748. The number of carbonyl (C=O) groups excluding carboxylic acids is 1. The van der Waals surface area contributed by atoms with E-state index in [4.69, 9.17) is 0 Å². The van der Waals surface area contributed by atoms with E-state index in [0.717, 1.165) is 13.0 Å². The molecule has 0 spiro atoms. The molecule has 1 atom stereocenters. The summed E-state index contributed by atoms with van der Waals surface area (Å²) in [6.07, 6.45) is 3.29. The first-order chi connectivity index (χ1) is 13.8. The van der Waals surface area contributed by atoms with Crippen LogP contribution in [0.4, 0.5) is 0 Å². The van der Waals surface area contributed by atoms with Gasteiger partial charge in [0.05, 0.1) is 0 Å². The number of nitrogens with zero attached hydrogens (tertiary/aromatic N) is 1. The molecule has 0 radical (unpaired) electrons. The van der Waals surface area contributed by atoms with Gasteiger partial charge in [0, 0.05) is 19.0 Å². The maximum Gasteiger partial charge on any atom is 0.264 e. The summed E-state index contributed by atoms with van der Waals surface area (Å²) in [5.41, 5.74) is 0.0281. The molecular weight excluding hydrogens is 441 g/mol. The van der Waals surface area contributed by atoms with Gasteiger partial charge < -0.3 is 21.9 Å². The van der Waals surface area contributed by atoms with Gasteiger partial charge in [0.15, 0.2) is 5.66 Å². The van der Waals surface area contributed by atoms with E-state index >= 15 is 0 Å². The highest BCUT2D eigenvalue weighted by Crippen LogP contribution is 2.62. The summed E-state index contributed by atoms with van der Waals surface area (Å²) in [4.78, 5) is 15.9. The zero-order valence-electron chi connectivity index (χ0n) is 16.3. The summed E-state index contributed by atoms with van der Waals surface area (Å²) in [5, 5.41) is 3.93. The standard InChI is InChI=1S/C25H25NOP.BrH/c27-25-24(18-19-26(25)20-16-17-20)28(21-10-4-1-5-11-21,22-12-6-2-7-13-22)23-14-8-3-9-15-23;/h1-15,20,24H,16-19H2;1H/q+1;/p-1. The lowest BCUT2D eigenvalue weighted by atomic mass is 10.3. The number of hydrogen-bond acceptors (Lipinski definition) is 1. The van der Waals surface area contributed by atoms with E-state index in [1.165, 1.54) is 28.8 Å². The monoisotopic (exact) mass is 465 g/mol. The van der Waals surface area contributed by atoms with Crippen LogP contribution < -0.4 is 32.9 Å². The SMILES string of the molecule is O=C1C([P+](c2ccccc2)(c2ccccc2)c2ccccc2)CCN1C1CC1.[Br-]. The molecule has 0 N–H and O–H groups in total. The molecule has 1 saturated heterocycles. The van der Waals surface area contributed by atoms with Gasteiger partial charge in [-0.05, 0) is 49.2 Å². The quantitative estimate of drug-likeness (QED) is 0.509. The van der Waals surface area contributed by atoms with E-state index < -0.39 is 7.26 Å². The van der Waals surface area contributed by atoms with Gasteiger partial charge in [-0.1, -0.05) is 54.6 Å². The average molecular weight is 466 g/mol. The van der Waals surface area contributed by atoms with Gasteiger partial charge in [-0.3, -0.25) is 4.79 Å². The topological polar surface area (TPSA) is 20.3 Å². The van der Waals surface area contributed by atoms with E-state index in [-0.39, 0.29) is 22.6 Å². The van der Waals surface area contributed by atoms with Gasteiger partial charge in [0.1, 0.15) is 23.2 Å². The Labute approximate surface area is 184 Å². The van der Waals surface area contributed by atoms with Crippen LogP contribution in [-0.2, 0) is 4.79 Å². The van der Waals surface area contributed by atoms with Gasteiger partial charge in [0.25, 0.3) is 5.91 Å². The van der Waals surface area contributed by atoms with Crippen LogP contribution in [0.25, 0.3) is 0 Å².